The molecule has 3 nitrogen and oxygen atoms in total. The maximum Gasteiger partial charge on any atom is 0.152 e. The van der Waals surface area contributed by atoms with Crippen molar-refractivity contribution in [3.8, 4) is 0 Å². The van der Waals surface area contributed by atoms with Gasteiger partial charge in [-0.2, -0.15) is 0 Å². The highest BCUT2D eigenvalue weighted by atomic mass is 79.9. The Bertz CT molecular complexity index is 436. The monoisotopic (exact) mass is 311 g/mol. The van der Waals surface area contributed by atoms with E-state index in [-0.39, 0.29) is 6.10 Å². The van der Waals surface area contributed by atoms with Crippen molar-refractivity contribution in [1.29, 1.82) is 0 Å². The summed E-state index contributed by atoms with van der Waals surface area (Å²) in [4.78, 5) is 13.5. The number of hydrogen-bond donors (Lipinski definition) is 0. The van der Waals surface area contributed by atoms with E-state index in [4.69, 9.17) is 4.74 Å². The summed E-state index contributed by atoms with van der Waals surface area (Å²) < 4.78 is 6.69. The van der Waals surface area contributed by atoms with Gasteiger partial charge in [0.05, 0.1) is 18.8 Å². The van der Waals surface area contributed by atoms with Gasteiger partial charge in [-0.1, -0.05) is 22.9 Å². The molecule has 1 aromatic carbocycles. The maximum absolute atomic E-state index is 11.2. The fraction of sp³-hybridized carbons (Fsp3) is 0.500. The highest BCUT2D eigenvalue weighted by molar-refractivity contribution is 9.10. The number of morpholine rings is 1. The third kappa shape index (κ3) is 2.75. The van der Waals surface area contributed by atoms with Gasteiger partial charge < -0.3 is 9.64 Å². The number of rotatable bonds is 3. The van der Waals surface area contributed by atoms with Crippen LogP contribution in [0.3, 0.4) is 0 Å². The predicted octanol–water partition coefficient (Wildman–Crippen LogP) is 3.27. The van der Waals surface area contributed by atoms with Gasteiger partial charge in [-0.25, -0.2) is 0 Å². The first-order valence-corrected chi connectivity index (χ1v) is 7.08. The molecule has 0 saturated carbocycles. The van der Waals surface area contributed by atoms with E-state index in [1.165, 1.54) is 0 Å². The van der Waals surface area contributed by atoms with Crippen LogP contribution in [0.4, 0.5) is 5.69 Å². The first-order chi connectivity index (χ1) is 8.65. The Labute approximate surface area is 116 Å². The highest BCUT2D eigenvalue weighted by Crippen LogP contribution is 2.29. The molecule has 2 unspecified atom stereocenters. The number of ether oxygens (including phenoxy) is 1. The van der Waals surface area contributed by atoms with Gasteiger partial charge in [0.2, 0.25) is 0 Å². The van der Waals surface area contributed by atoms with E-state index >= 15 is 0 Å². The molecule has 0 N–H and O–H groups in total. The van der Waals surface area contributed by atoms with Crippen molar-refractivity contribution in [2.45, 2.75) is 32.4 Å². The van der Waals surface area contributed by atoms with Gasteiger partial charge in [0.25, 0.3) is 0 Å². The topological polar surface area (TPSA) is 29.5 Å². The molecule has 1 fully saturated rings. The molecule has 1 heterocycles. The zero-order valence-electron chi connectivity index (χ0n) is 10.7. The van der Waals surface area contributed by atoms with Crippen LogP contribution in [0.25, 0.3) is 0 Å². The molecule has 1 aliphatic heterocycles. The molecule has 2 rings (SSSR count). The summed E-state index contributed by atoms with van der Waals surface area (Å²) >= 11 is 3.48. The van der Waals surface area contributed by atoms with Gasteiger partial charge in [-0.15, -0.1) is 0 Å². The molecule has 0 aromatic heterocycles. The lowest BCUT2D eigenvalue weighted by Gasteiger charge is -2.40. The minimum Gasteiger partial charge on any atom is -0.375 e. The molecule has 0 bridgehead atoms. The number of aldehydes is 1. The van der Waals surface area contributed by atoms with E-state index in [9.17, 15) is 4.79 Å². The summed E-state index contributed by atoms with van der Waals surface area (Å²) in [7, 11) is 0. The molecule has 0 radical (unpaired) electrons. The van der Waals surface area contributed by atoms with Crippen molar-refractivity contribution < 1.29 is 9.53 Å². The van der Waals surface area contributed by atoms with Gasteiger partial charge in [-0.3, -0.25) is 4.79 Å². The Morgan fingerprint density at radius 1 is 1.56 bits per heavy atom. The minimum atomic E-state index is 0.200. The number of carbonyl (C=O) groups is 1. The Balaban J connectivity index is 2.37. The predicted molar refractivity (Wildman–Crippen MR) is 76.4 cm³/mol. The second-order valence-electron chi connectivity index (χ2n) is 4.68. The number of carbonyl (C=O) groups excluding carboxylic acids is 1. The maximum atomic E-state index is 11.2. The molecule has 18 heavy (non-hydrogen) atoms. The molecule has 1 aliphatic rings. The number of hydrogen-bond acceptors (Lipinski definition) is 3. The Morgan fingerprint density at radius 2 is 2.33 bits per heavy atom. The van der Waals surface area contributed by atoms with Crippen LogP contribution in [-0.2, 0) is 4.74 Å². The smallest absolute Gasteiger partial charge is 0.152 e. The zero-order chi connectivity index (χ0) is 13.1. The largest absolute Gasteiger partial charge is 0.375 e. The van der Waals surface area contributed by atoms with Crippen LogP contribution in [0.5, 0.6) is 0 Å². The second kappa shape index (κ2) is 5.85. The van der Waals surface area contributed by atoms with Crippen LogP contribution in [0.15, 0.2) is 22.7 Å². The molecule has 4 heteroatoms. The average molecular weight is 312 g/mol. The Kier molecular flexibility index (Phi) is 4.40. The summed E-state index contributed by atoms with van der Waals surface area (Å²) in [5, 5.41) is 0. The summed E-state index contributed by atoms with van der Waals surface area (Å²) in [5.74, 6) is 0. The molecular weight excluding hydrogens is 294 g/mol. The zero-order valence-corrected chi connectivity index (χ0v) is 12.3. The summed E-state index contributed by atoms with van der Waals surface area (Å²) in [6, 6.07) is 6.12. The van der Waals surface area contributed by atoms with Crippen molar-refractivity contribution in [2.24, 2.45) is 0 Å². The molecule has 1 aromatic rings. The van der Waals surface area contributed by atoms with Crippen LogP contribution >= 0.6 is 15.9 Å². The number of nitrogens with zero attached hydrogens (tertiary/aromatic N) is 1. The summed E-state index contributed by atoms with van der Waals surface area (Å²) in [5.41, 5.74) is 1.74. The van der Waals surface area contributed by atoms with Crippen molar-refractivity contribution in [1.82, 2.24) is 0 Å². The minimum absolute atomic E-state index is 0.200. The summed E-state index contributed by atoms with van der Waals surface area (Å²) in [6.07, 6.45) is 2.14. The molecule has 2 atom stereocenters. The lowest BCUT2D eigenvalue weighted by molar-refractivity contribution is 0.0299. The van der Waals surface area contributed by atoms with Crippen LogP contribution in [0.2, 0.25) is 0 Å². The molecule has 0 spiro atoms. The van der Waals surface area contributed by atoms with E-state index in [1.54, 1.807) is 0 Å². The first kappa shape index (κ1) is 13.6. The average Bonchev–Trinajstić information content (AvgIpc) is 2.38. The van der Waals surface area contributed by atoms with Crippen LogP contribution in [0.1, 0.15) is 30.6 Å². The third-order valence-corrected chi connectivity index (χ3v) is 3.86. The Hall–Kier alpha value is -0.870. The van der Waals surface area contributed by atoms with Crippen molar-refractivity contribution in [2.75, 3.05) is 18.1 Å². The van der Waals surface area contributed by atoms with Gasteiger partial charge in [0, 0.05) is 22.3 Å². The lowest BCUT2D eigenvalue weighted by Crippen LogP contribution is -2.49. The van der Waals surface area contributed by atoms with Crippen molar-refractivity contribution >= 4 is 27.9 Å². The normalized spacial score (nSPS) is 24.1. The summed E-state index contributed by atoms with van der Waals surface area (Å²) in [6.45, 7) is 5.77. The fourth-order valence-electron chi connectivity index (χ4n) is 2.34. The lowest BCUT2D eigenvalue weighted by atomic mass is 10.1. The molecule has 0 amide bonds. The number of halogens is 1. The third-order valence-electron chi connectivity index (χ3n) is 3.37. The molecule has 0 aliphatic carbocycles. The van der Waals surface area contributed by atoms with Crippen LogP contribution in [0, 0.1) is 0 Å². The van der Waals surface area contributed by atoms with E-state index in [0.717, 1.165) is 41.6 Å². The van der Waals surface area contributed by atoms with Crippen LogP contribution < -0.4 is 4.90 Å². The van der Waals surface area contributed by atoms with E-state index in [2.05, 4.69) is 34.7 Å². The van der Waals surface area contributed by atoms with Crippen molar-refractivity contribution in [3.05, 3.63) is 28.2 Å². The van der Waals surface area contributed by atoms with Gasteiger partial charge in [0.15, 0.2) is 6.29 Å². The quantitative estimate of drug-likeness (QED) is 0.802. The van der Waals surface area contributed by atoms with E-state index < -0.39 is 0 Å². The highest BCUT2D eigenvalue weighted by Gasteiger charge is 2.27. The number of anilines is 1. The Morgan fingerprint density at radius 3 is 3.00 bits per heavy atom. The fourth-order valence-corrected chi connectivity index (χ4v) is 2.69. The second-order valence-corrected chi connectivity index (χ2v) is 5.60. The standard InChI is InChI=1S/C14H18BrNO2/c1-3-13-9-18-10(2)7-16(13)14-6-12(15)5-4-11(14)8-17/h4-6,8,10,13H,3,7,9H2,1-2H3. The molecular formula is C14H18BrNO2. The van der Waals surface area contributed by atoms with Gasteiger partial charge >= 0.3 is 0 Å². The molecule has 98 valence electrons. The van der Waals surface area contributed by atoms with Crippen LogP contribution in [-0.4, -0.2) is 31.6 Å². The van der Waals surface area contributed by atoms with Gasteiger partial charge in [0.1, 0.15) is 0 Å². The SMILES string of the molecule is CCC1COC(C)CN1c1cc(Br)ccc1C=O. The van der Waals surface area contributed by atoms with Gasteiger partial charge in [-0.05, 0) is 31.5 Å². The first-order valence-electron chi connectivity index (χ1n) is 6.28. The van der Waals surface area contributed by atoms with E-state index in [1.807, 2.05) is 18.2 Å². The van der Waals surface area contributed by atoms with E-state index in [0.29, 0.717) is 6.04 Å². The van der Waals surface area contributed by atoms with Crippen molar-refractivity contribution in [3.63, 3.8) is 0 Å². The molecule has 1 saturated heterocycles. The number of benzene rings is 1.